The summed E-state index contributed by atoms with van der Waals surface area (Å²) in [7, 11) is -3.87. The number of aromatic nitrogens is 2. The summed E-state index contributed by atoms with van der Waals surface area (Å²) in [5.41, 5.74) is 2.22. The van der Waals surface area contributed by atoms with Crippen LogP contribution in [0.25, 0.3) is 22.0 Å². The Balaban J connectivity index is 1.14. The Morgan fingerprint density at radius 2 is 1.57 bits per heavy atom. The summed E-state index contributed by atoms with van der Waals surface area (Å²) in [6.45, 7) is 1.09. The number of hydrogen-bond donors (Lipinski definition) is 0. The third-order valence-corrected chi connectivity index (χ3v) is 9.25. The molecule has 4 aromatic rings. The Bertz CT molecular complexity index is 1700. The lowest BCUT2D eigenvalue weighted by Gasteiger charge is -2.34. The standard InChI is InChI=1S/C28H24F3N5O3S/c29-28(30,31)27(37)36-13-12-20-18-21(8-10-25(20)36)40(38,39)35-16-14-34(15-17-35)26-11-9-24(32-33-26)23-7-3-5-19-4-1-2-6-22(19)23/h1-11,18H,12-17H2. The number of carbonyl (C=O) groups is 1. The Morgan fingerprint density at radius 1 is 0.825 bits per heavy atom. The molecule has 8 nitrogen and oxygen atoms in total. The largest absolute Gasteiger partial charge is 0.471 e. The number of sulfonamides is 1. The van der Waals surface area contributed by atoms with Crippen molar-refractivity contribution >= 4 is 38.2 Å². The van der Waals surface area contributed by atoms with Crippen LogP contribution >= 0.6 is 0 Å². The molecule has 0 bridgehead atoms. The van der Waals surface area contributed by atoms with Crippen molar-refractivity contribution in [2.45, 2.75) is 17.5 Å². The van der Waals surface area contributed by atoms with Gasteiger partial charge in [-0.05, 0) is 53.1 Å². The molecule has 0 atom stereocenters. The van der Waals surface area contributed by atoms with Gasteiger partial charge in [0.15, 0.2) is 5.82 Å². The second-order valence-electron chi connectivity index (χ2n) is 9.69. The van der Waals surface area contributed by atoms with Gasteiger partial charge in [-0.1, -0.05) is 42.5 Å². The van der Waals surface area contributed by atoms with Gasteiger partial charge in [-0.25, -0.2) is 8.42 Å². The highest BCUT2D eigenvalue weighted by molar-refractivity contribution is 7.89. The molecule has 1 amide bonds. The first kappa shape index (κ1) is 26.2. The van der Waals surface area contributed by atoms with Gasteiger partial charge in [0.05, 0.1) is 10.6 Å². The molecule has 0 saturated carbocycles. The maximum atomic E-state index is 13.3. The monoisotopic (exact) mass is 567 g/mol. The molecule has 0 aliphatic carbocycles. The number of alkyl halides is 3. The maximum absolute atomic E-state index is 13.3. The van der Waals surface area contributed by atoms with E-state index in [0.29, 0.717) is 29.4 Å². The van der Waals surface area contributed by atoms with Crippen LogP contribution in [0.3, 0.4) is 0 Å². The van der Waals surface area contributed by atoms with Crippen LogP contribution in [0.5, 0.6) is 0 Å². The smallest absolute Gasteiger partial charge is 0.352 e. The predicted octanol–water partition coefficient (Wildman–Crippen LogP) is 4.26. The van der Waals surface area contributed by atoms with Gasteiger partial charge in [0.1, 0.15) is 0 Å². The van der Waals surface area contributed by atoms with E-state index in [4.69, 9.17) is 0 Å². The van der Waals surface area contributed by atoms with Crippen molar-refractivity contribution in [2.75, 3.05) is 42.5 Å². The van der Waals surface area contributed by atoms with Crippen LogP contribution in [0.15, 0.2) is 77.7 Å². The second-order valence-corrected chi connectivity index (χ2v) is 11.6. The van der Waals surface area contributed by atoms with E-state index in [-0.39, 0.29) is 36.6 Å². The topological polar surface area (TPSA) is 86.7 Å². The minimum Gasteiger partial charge on any atom is -0.352 e. The van der Waals surface area contributed by atoms with E-state index in [9.17, 15) is 26.4 Å². The third-order valence-electron chi connectivity index (χ3n) is 7.35. The molecule has 1 saturated heterocycles. The van der Waals surface area contributed by atoms with Gasteiger partial charge >= 0.3 is 12.1 Å². The molecule has 0 spiro atoms. The Kier molecular flexibility index (Phi) is 6.46. The summed E-state index contributed by atoms with van der Waals surface area (Å²) in [4.78, 5) is 14.3. The zero-order chi connectivity index (χ0) is 28.1. The zero-order valence-electron chi connectivity index (χ0n) is 21.2. The molecule has 3 heterocycles. The Hall–Kier alpha value is -4.03. The molecule has 0 N–H and O–H groups in total. The van der Waals surface area contributed by atoms with Crippen molar-refractivity contribution in [1.29, 1.82) is 0 Å². The molecule has 1 aromatic heterocycles. The summed E-state index contributed by atoms with van der Waals surface area (Å²) in [5, 5.41) is 11.0. The molecule has 6 rings (SSSR count). The molecule has 40 heavy (non-hydrogen) atoms. The lowest BCUT2D eigenvalue weighted by molar-refractivity contribution is -0.170. The van der Waals surface area contributed by atoms with Crippen LogP contribution in [0.4, 0.5) is 24.7 Å². The SMILES string of the molecule is O=C(N1CCc2cc(S(=O)(=O)N3CCN(c4ccc(-c5cccc6ccccc56)nn4)CC3)ccc21)C(F)(F)F. The fourth-order valence-corrected chi connectivity index (χ4v) is 6.77. The second kappa shape index (κ2) is 9.86. The summed E-state index contributed by atoms with van der Waals surface area (Å²) in [6.07, 6.45) is -4.84. The molecule has 2 aliphatic rings. The summed E-state index contributed by atoms with van der Waals surface area (Å²) in [5.74, 6) is -1.31. The normalized spacial score (nSPS) is 16.4. The number of fused-ring (bicyclic) bond motifs is 2. The Morgan fingerprint density at radius 3 is 2.30 bits per heavy atom. The summed E-state index contributed by atoms with van der Waals surface area (Å²) < 4.78 is 66.7. The highest BCUT2D eigenvalue weighted by atomic mass is 32.2. The van der Waals surface area contributed by atoms with Gasteiger partial charge in [0.25, 0.3) is 0 Å². The van der Waals surface area contributed by atoms with Crippen LogP contribution in [0.1, 0.15) is 5.56 Å². The average Bonchev–Trinajstić information content (AvgIpc) is 3.39. The highest BCUT2D eigenvalue weighted by Crippen LogP contribution is 2.34. The zero-order valence-corrected chi connectivity index (χ0v) is 22.0. The molecule has 0 radical (unpaired) electrons. The van der Waals surface area contributed by atoms with E-state index in [1.165, 1.54) is 22.5 Å². The fourth-order valence-electron chi connectivity index (χ4n) is 5.30. The molecule has 0 unspecified atom stereocenters. The highest BCUT2D eigenvalue weighted by Gasteiger charge is 2.45. The Labute approximate surface area is 228 Å². The van der Waals surface area contributed by atoms with Crippen LogP contribution in [0.2, 0.25) is 0 Å². The summed E-state index contributed by atoms with van der Waals surface area (Å²) in [6, 6.07) is 21.8. The van der Waals surface area contributed by atoms with Gasteiger partial charge in [0, 0.05) is 44.0 Å². The van der Waals surface area contributed by atoms with Crippen LogP contribution in [-0.2, 0) is 21.2 Å². The number of nitrogens with zero attached hydrogens (tertiary/aromatic N) is 5. The first-order chi connectivity index (χ1) is 19.1. The number of hydrogen-bond acceptors (Lipinski definition) is 6. The van der Waals surface area contributed by atoms with E-state index in [1.54, 1.807) is 0 Å². The quantitative estimate of drug-likeness (QED) is 0.367. The van der Waals surface area contributed by atoms with Crippen LogP contribution in [-0.4, -0.2) is 67.7 Å². The van der Waals surface area contributed by atoms with Crippen molar-refractivity contribution in [3.05, 3.63) is 78.4 Å². The minimum atomic E-state index is -4.99. The fraction of sp³-hybridized carbons (Fsp3) is 0.250. The van der Waals surface area contributed by atoms with Crippen LogP contribution in [0, 0.1) is 0 Å². The number of halogens is 3. The summed E-state index contributed by atoms with van der Waals surface area (Å²) >= 11 is 0. The molecular formula is C28H24F3N5O3S. The number of amides is 1. The molecular weight excluding hydrogens is 543 g/mol. The maximum Gasteiger partial charge on any atom is 0.471 e. The molecule has 2 aliphatic heterocycles. The number of piperazine rings is 1. The van der Waals surface area contributed by atoms with E-state index in [1.807, 2.05) is 59.5 Å². The van der Waals surface area contributed by atoms with Crippen molar-refractivity contribution in [1.82, 2.24) is 14.5 Å². The third kappa shape index (κ3) is 4.66. The van der Waals surface area contributed by atoms with E-state index < -0.39 is 22.1 Å². The number of carbonyl (C=O) groups excluding carboxylic acids is 1. The van der Waals surface area contributed by atoms with E-state index >= 15 is 0 Å². The molecule has 206 valence electrons. The van der Waals surface area contributed by atoms with Crippen LogP contribution < -0.4 is 9.80 Å². The minimum absolute atomic E-state index is 0.000222. The predicted molar refractivity (Wildman–Crippen MR) is 144 cm³/mol. The molecule has 1 fully saturated rings. The number of rotatable bonds is 4. The number of benzene rings is 3. The van der Waals surface area contributed by atoms with Crippen molar-refractivity contribution < 1.29 is 26.4 Å². The van der Waals surface area contributed by atoms with Crippen molar-refractivity contribution in [3.63, 3.8) is 0 Å². The van der Waals surface area contributed by atoms with Gasteiger partial charge in [-0.3, -0.25) is 4.79 Å². The van der Waals surface area contributed by atoms with Gasteiger partial charge in [-0.15, -0.1) is 10.2 Å². The van der Waals surface area contributed by atoms with Gasteiger partial charge < -0.3 is 9.80 Å². The lowest BCUT2D eigenvalue weighted by Crippen LogP contribution is -2.49. The van der Waals surface area contributed by atoms with Gasteiger partial charge in [0.2, 0.25) is 10.0 Å². The van der Waals surface area contributed by atoms with Gasteiger partial charge in [-0.2, -0.15) is 17.5 Å². The first-order valence-corrected chi connectivity index (χ1v) is 14.2. The number of anilines is 2. The lowest BCUT2D eigenvalue weighted by atomic mass is 10.0. The molecule has 12 heteroatoms. The van der Waals surface area contributed by atoms with Crippen molar-refractivity contribution in [3.8, 4) is 11.3 Å². The van der Waals surface area contributed by atoms with E-state index in [0.717, 1.165) is 22.0 Å². The average molecular weight is 568 g/mol. The molecule has 3 aromatic carbocycles. The van der Waals surface area contributed by atoms with E-state index in [2.05, 4.69) is 10.2 Å². The van der Waals surface area contributed by atoms with Crippen molar-refractivity contribution in [2.24, 2.45) is 0 Å². The first-order valence-electron chi connectivity index (χ1n) is 12.7.